The number of hydrogen-bond donors (Lipinski definition) is 2. The van der Waals surface area contributed by atoms with Gasteiger partial charge in [-0.05, 0) is 58.4 Å². The number of aliphatic imine (C=N–C) groups is 1. The molecule has 0 bridgehead atoms. The molecule has 0 fully saturated rings. The van der Waals surface area contributed by atoms with E-state index in [2.05, 4.69) is 68.4 Å². The molecule has 6 nitrogen and oxygen atoms in total. The summed E-state index contributed by atoms with van der Waals surface area (Å²) in [5.74, 6) is -0.913. The van der Waals surface area contributed by atoms with Crippen LogP contribution in [-0.2, 0) is 0 Å². The van der Waals surface area contributed by atoms with Gasteiger partial charge in [0.1, 0.15) is 5.65 Å². The van der Waals surface area contributed by atoms with Gasteiger partial charge in [0, 0.05) is 35.6 Å². The molecule has 4 heterocycles. The van der Waals surface area contributed by atoms with E-state index in [1.165, 1.54) is 5.19 Å². The van der Waals surface area contributed by atoms with Crippen molar-refractivity contribution >= 4 is 35.8 Å². The zero-order valence-corrected chi connectivity index (χ0v) is 24.8. The second-order valence-corrected chi connectivity index (χ2v) is 17.1. The van der Waals surface area contributed by atoms with Crippen LogP contribution in [0.25, 0.3) is 16.6 Å². The smallest absolute Gasteiger partial charge is 0.213 e. The maximum absolute atomic E-state index is 15.2. The van der Waals surface area contributed by atoms with Gasteiger partial charge < -0.3 is 14.8 Å². The first-order valence-electron chi connectivity index (χ1n) is 13.7. The second kappa shape index (κ2) is 11.1. The number of nitrogens with one attached hydrogen (secondary N) is 1. The van der Waals surface area contributed by atoms with Gasteiger partial charge in [-0.25, -0.2) is 9.97 Å². The van der Waals surface area contributed by atoms with Crippen LogP contribution in [0.5, 0.6) is 5.88 Å². The topological polar surface area (TPSA) is 83.4 Å². The molecule has 38 heavy (non-hydrogen) atoms. The third kappa shape index (κ3) is 4.73. The maximum Gasteiger partial charge on any atom is 0.213 e. The van der Waals surface area contributed by atoms with E-state index in [0.29, 0.717) is 34.7 Å². The number of aliphatic hydroxyl groups is 1. The van der Waals surface area contributed by atoms with E-state index in [4.69, 9.17) is 4.74 Å². The summed E-state index contributed by atoms with van der Waals surface area (Å²) in [4.78, 5) is 16.5. The molecule has 0 aliphatic carbocycles. The summed E-state index contributed by atoms with van der Waals surface area (Å²) in [5.41, 5.74) is 5.65. The van der Waals surface area contributed by atoms with E-state index in [9.17, 15) is 5.11 Å². The van der Waals surface area contributed by atoms with Gasteiger partial charge in [0.15, 0.2) is 5.97 Å². The number of aromatic nitrogens is 3. The van der Waals surface area contributed by atoms with Gasteiger partial charge in [-0.2, -0.15) is 4.39 Å². The molecule has 2 N–H and O–H groups in total. The molecule has 0 aromatic carbocycles. The molecule has 8 heteroatoms. The van der Waals surface area contributed by atoms with Crippen LogP contribution in [-0.4, -0.2) is 47.2 Å². The van der Waals surface area contributed by atoms with Crippen LogP contribution in [0.1, 0.15) is 71.3 Å². The van der Waals surface area contributed by atoms with E-state index >= 15 is 4.39 Å². The Kier molecular flexibility index (Phi) is 8.23. The van der Waals surface area contributed by atoms with Crippen molar-refractivity contribution in [2.24, 2.45) is 10.9 Å². The lowest BCUT2D eigenvalue weighted by Crippen LogP contribution is -2.57. The van der Waals surface area contributed by atoms with Crippen LogP contribution in [0.3, 0.4) is 0 Å². The summed E-state index contributed by atoms with van der Waals surface area (Å²) in [6.45, 7) is 18.7. The Morgan fingerprint density at radius 1 is 1.08 bits per heavy atom. The minimum absolute atomic E-state index is 0.203. The number of aryl methyl sites for hydroxylation is 1. The van der Waals surface area contributed by atoms with Gasteiger partial charge in [-0.3, -0.25) is 4.99 Å². The van der Waals surface area contributed by atoms with Crippen molar-refractivity contribution in [1.29, 1.82) is 0 Å². The van der Waals surface area contributed by atoms with Gasteiger partial charge in [0.05, 0.1) is 33.2 Å². The molecular formula is C30H41FN4O2Si. The number of rotatable bonds is 9. The average Bonchev–Trinajstić information content (AvgIpc) is 3.30. The molecule has 1 aliphatic rings. The molecule has 1 aliphatic heterocycles. The molecule has 2 atom stereocenters. The van der Waals surface area contributed by atoms with Crippen molar-refractivity contribution < 1.29 is 14.2 Å². The number of nitrogens with zero attached hydrogens (tertiary/aromatic N) is 3. The fraction of sp³-hybridized carbons (Fsp3) is 0.500. The Morgan fingerprint density at radius 2 is 1.76 bits per heavy atom. The number of pyridine rings is 2. The monoisotopic (exact) mass is 536 g/mol. The number of aromatic amines is 1. The quantitative estimate of drug-likeness (QED) is 0.299. The summed E-state index contributed by atoms with van der Waals surface area (Å²) >= 11 is 0. The van der Waals surface area contributed by atoms with Crippen molar-refractivity contribution in [2.45, 2.75) is 78.1 Å². The highest BCUT2D eigenvalue weighted by molar-refractivity contribution is 6.96. The molecule has 2 unspecified atom stereocenters. The number of dihydropyridines is 1. The largest absolute Gasteiger partial charge is 0.478 e. The van der Waals surface area contributed by atoms with Crippen LogP contribution in [0.15, 0.2) is 41.8 Å². The van der Waals surface area contributed by atoms with Gasteiger partial charge >= 0.3 is 0 Å². The molecule has 0 amide bonds. The predicted octanol–water partition coefficient (Wildman–Crippen LogP) is 6.67. The molecule has 0 spiro atoms. The summed E-state index contributed by atoms with van der Waals surface area (Å²) < 4.78 is 20.7. The summed E-state index contributed by atoms with van der Waals surface area (Å²) in [5, 5.41) is 14.0. The van der Waals surface area contributed by atoms with E-state index in [1.807, 2.05) is 19.2 Å². The molecular weight excluding hydrogens is 495 g/mol. The Bertz CT molecular complexity index is 1320. The maximum atomic E-state index is 15.2. The summed E-state index contributed by atoms with van der Waals surface area (Å²) in [6, 6.07) is 3.70. The lowest BCUT2D eigenvalue weighted by Gasteiger charge is -2.45. The number of aliphatic hydroxyl groups excluding tert-OH is 1. The highest BCUT2D eigenvalue weighted by Gasteiger charge is 2.47. The first kappa shape index (κ1) is 28.2. The highest BCUT2D eigenvalue weighted by atomic mass is 28.3. The fourth-order valence-electron chi connectivity index (χ4n) is 6.88. The molecule has 3 aromatic heterocycles. The number of hydrogen-bond acceptors (Lipinski definition) is 5. The zero-order valence-electron chi connectivity index (χ0n) is 23.8. The minimum atomic E-state index is -2.13. The number of fused-ring (bicyclic) bond motifs is 1. The van der Waals surface area contributed by atoms with Crippen molar-refractivity contribution in [2.75, 3.05) is 13.2 Å². The first-order valence-corrected chi connectivity index (χ1v) is 15.9. The van der Waals surface area contributed by atoms with Crippen molar-refractivity contribution in [1.82, 2.24) is 15.0 Å². The van der Waals surface area contributed by atoms with Crippen molar-refractivity contribution in [3.63, 3.8) is 0 Å². The summed E-state index contributed by atoms with van der Waals surface area (Å²) in [7, 11) is -2.13. The summed E-state index contributed by atoms with van der Waals surface area (Å²) in [6.07, 6.45) is 6.14. The van der Waals surface area contributed by atoms with E-state index in [1.54, 1.807) is 24.5 Å². The number of ether oxygens (including phenoxy) is 1. The van der Waals surface area contributed by atoms with E-state index in [-0.39, 0.29) is 6.54 Å². The van der Waals surface area contributed by atoms with Crippen molar-refractivity contribution in [3.05, 3.63) is 53.5 Å². The Hall–Kier alpha value is -2.84. The van der Waals surface area contributed by atoms with Gasteiger partial charge in [0.2, 0.25) is 5.88 Å². The van der Waals surface area contributed by atoms with Gasteiger partial charge in [-0.15, -0.1) is 0 Å². The second-order valence-electron chi connectivity index (χ2n) is 11.3. The zero-order chi connectivity index (χ0) is 27.8. The number of halogens is 1. The minimum Gasteiger partial charge on any atom is -0.478 e. The van der Waals surface area contributed by atoms with E-state index in [0.717, 1.165) is 27.7 Å². The van der Waals surface area contributed by atoms with Crippen LogP contribution in [0, 0.1) is 12.8 Å². The van der Waals surface area contributed by atoms with Crippen molar-refractivity contribution in [3.8, 4) is 5.88 Å². The molecule has 0 radical (unpaired) electrons. The normalized spacial score (nSPS) is 17.3. The third-order valence-electron chi connectivity index (χ3n) is 8.33. The Morgan fingerprint density at radius 3 is 2.34 bits per heavy atom. The highest BCUT2D eigenvalue weighted by Crippen LogP contribution is 2.44. The van der Waals surface area contributed by atoms with Gasteiger partial charge in [0.25, 0.3) is 0 Å². The van der Waals surface area contributed by atoms with E-state index < -0.39 is 26.1 Å². The molecule has 4 rings (SSSR count). The van der Waals surface area contributed by atoms with Gasteiger partial charge in [-0.1, -0.05) is 47.6 Å². The van der Waals surface area contributed by atoms with Crippen LogP contribution in [0.4, 0.5) is 4.39 Å². The average molecular weight is 537 g/mol. The SMILES string of the molecule is CCOc1ccc(C2=CC(C(O)c3c[nH]c4ncc(C)c([Si](C(C)C)(C(C)C)C(C)C)c34)C(F)=NC2)cn1. The fourth-order valence-corrected chi connectivity index (χ4v) is 14.1. The van der Waals surface area contributed by atoms with Crippen LogP contribution in [0.2, 0.25) is 16.6 Å². The third-order valence-corrected chi connectivity index (χ3v) is 15.6. The van der Waals surface area contributed by atoms with Crippen LogP contribution >= 0.6 is 0 Å². The Balaban J connectivity index is 1.84. The first-order chi connectivity index (χ1) is 18.0. The molecule has 3 aromatic rings. The molecule has 204 valence electrons. The lowest BCUT2D eigenvalue weighted by atomic mass is 9.90. The van der Waals surface area contributed by atoms with Crippen LogP contribution < -0.4 is 9.92 Å². The lowest BCUT2D eigenvalue weighted by molar-refractivity contribution is 0.155. The molecule has 0 saturated heterocycles. The Labute approximate surface area is 226 Å². The predicted molar refractivity (Wildman–Crippen MR) is 157 cm³/mol. The number of H-pyrrole nitrogens is 1. The standard InChI is InChI=1S/C30H41FN4O2Si/c1-9-37-25-11-10-21(14-32-25)22-12-23(29(31)33-15-22)27(36)24-16-35-30-26(24)28(20(8)13-34-30)38(17(2)3,18(4)5)19(6)7/h10-14,16-19,23,27,36H,9,15H2,1-8H3,(H,34,35). The molecule has 0 saturated carbocycles.